The fraction of sp³-hybridized carbons (Fsp3) is 0.0667. The van der Waals surface area contributed by atoms with E-state index in [0.717, 1.165) is 28.3 Å². The van der Waals surface area contributed by atoms with Gasteiger partial charge in [0.2, 0.25) is 0 Å². The summed E-state index contributed by atoms with van der Waals surface area (Å²) < 4.78 is 3.71. The van der Waals surface area contributed by atoms with Crippen molar-refractivity contribution in [2.24, 2.45) is 0 Å². The van der Waals surface area contributed by atoms with Gasteiger partial charge in [0.05, 0.1) is 11.4 Å². The minimum Gasteiger partial charge on any atom is -0.304 e. The molecule has 0 atom stereocenters. The molecule has 0 aliphatic carbocycles. The molecule has 0 saturated carbocycles. The van der Waals surface area contributed by atoms with E-state index in [-0.39, 0.29) is 0 Å². The average molecular weight is 276 g/mol. The van der Waals surface area contributed by atoms with Crippen molar-refractivity contribution < 1.29 is 0 Å². The summed E-state index contributed by atoms with van der Waals surface area (Å²) in [5, 5.41) is 11.2. The van der Waals surface area contributed by atoms with Gasteiger partial charge in [0.25, 0.3) is 0 Å². The summed E-state index contributed by atoms with van der Waals surface area (Å²) in [5.41, 5.74) is 4.97. The number of benzene rings is 1. The zero-order valence-corrected chi connectivity index (χ0v) is 11.4. The highest BCUT2D eigenvalue weighted by atomic mass is 15.5. The third kappa shape index (κ3) is 1.97. The molecule has 102 valence electrons. The van der Waals surface area contributed by atoms with Crippen molar-refractivity contribution in [3.8, 4) is 16.9 Å². The molecule has 4 aromatic rings. The fourth-order valence-electron chi connectivity index (χ4n) is 2.37. The standard InChI is InChI=1S/C15H12N6/c1-11-4-2-7-15-17-14(9-20(11)15)12-5-3-6-13(8-12)21-10-16-18-19-21/h2-10H,1H3. The minimum absolute atomic E-state index is 0.909. The number of tetrazole rings is 1. The highest BCUT2D eigenvalue weighted by Crippen LogP contribution is 2.22. The summed E-state index contributed by atoms with van der Waals surface area (Å²) >= 11 is 0. The van der Waals surface area contributed by atoms with E-state index in [0.29, 0.717) is 0 Å². The zero-order valence-electron chi connectivity index (χ0n) is 11.4. The van der Waals surface area contributed by atoms with Crippen molar-refractivity contribution in [3.05, 3.63) is 60.7 Å². The van der Waals surface area contributed by atoms with Gasteiger partial charge in [-0.1, -0.05) is 18.2 Å². The van der Waals surface area contributed by atoms with Gasteiger partial charge in [-0.25, -0.2) is 9.67 Å². The van der Waals surface area contributed by atoms with Crippen molar-refractivity contribution in [2.45, 2.75) is 6.92 Å². The number of pyridine rings is 1. The van der Waals surface area contributed by atoms with Gasteiger partial charge in [0.1, 0.15) is 12.0 Å². The highest BCUT2D eigenvalue weighted by molar-refractivity contribution is 5.65. The second kappa shape index (κ2) is 4.52. The SMILES string of the molecule is Cc1cccc2nc(-c3cccc(-n4cnnn4)c3)cn12. The highest BCUT2D eigenvalue weighted by Gasteiger charge is 2.07. The Labute approximate surface area is 120 Å². The average Bonchev–Trinajstić information content (AvgIpc) is 3.18. The van der Waals surface area contributed by atoms with E-state index >= 15 is 0 Å². The van der Waals surface area contributed by atoms with Crippen LogP contribution in [0.3, 0.4) is 0 Å². The second-order valence-electron chi connectivity index (χ2n) is 4.83. The fourth-order valence-corrected chi connectivity index (χ4v) is 2.37. The Morgan fingerprint density at radius 2 is 1.95 bits per heavy atom. The lowest BCUT2D eigenvalue weighted by Crippen LogP contribution is -1.95. The van der Waals surface area contributed by atoms with Crippen LogP contribution in [0.1, 0.15) is 5.69 Å². The third-order valence-corrected chi connectivity index (χ3v) is 3.45. The van der Waals surface area contributed by atoms with Crippen LogP contribution < -0.4 is 0 Å². The number of hydrogen-bond donors (Lipinski definition) is 0. The van der Waals surface area contributed by atoms with Gasteiger partial charge in [-0.15, -0.1) is 5.10 Å². The summed E-state index contributed by atoms with van der Waals surface area (Å²) in [5.74, 6) is 0. The Bertz CT molecular complexity index is 907. The molecule has 0 unspecified atom stereocenters. The lowest BCUT2D eigenvalue weighted by Gasteiger charge is -2.01. The van der Waals surface area contributed by atoms with Gasteiger partial charge in [-0.05, 0) is 41.6 Å². The molecular weight excluding hydrogens is 264 g/mol. The van der Waals surface area contributed by atoms with Gasteiger partial charge >= 0.3 is 0 Å². The third-order valence-electron chi connectivity index (χ3n) is 3.45. The largest absolute Gasteiger partial charge is 0.304 e. The molecular formula is C15H12N6. The first-order valence-electron chi connectivity index (χ1n) is 6.60. The molecule has 0 aliphatic heterocycles. The predicted octanol–water partition coefficient (Wildman–Crippen LogP) is 2.29. The van der Waals surface area contributed by atoms with Crippen LogP contribution in [0.4, 0.5) is 0 Å². The van der Waals surface area contributed by atoms with Gasteiger partial charge in [0.15, 0.2) is 0 Å². The van der Waals surface area contributed by atoms with Crippen molar-refractivity contribution in [1.82, 2.24) is 29.6 Å². The van der Waals surface area contributed by atoms with E-state index in [1.165, 1.54) is 0 Å². The molecule has 0 bridgehead atoms. The summed E-state index contributed by atoms with van der Waals surface area (Å²) in [6.45, 7) is 2.07. The first-order chi connectivity index (χ1) is 10.3. The molecule has 6 nitrogen and oxygen atoms in total. The number of fused-ring (bicyclic) bond motifs is 1. The molecule has 0 saturated heterocycles. The molecule has 4 rings (SSSR count). The summed E-state index contributed by atoms with van der Waals surface area (Å²) in [7, 11) is 0. The Kier molecular flexibility index (Phi) is 2.53. The Hall–Kier alpha value is -3.02. The molecule has 3 aromatic heterocycles. The summed E-state index contributed by atoms with van der Waals surface area (Å²) in [6, 6.07) is 14.1. The van der Waals surface area contributed by atoms with Gasteiger partial charge in [-0.2, -0.15) is 0 Å². The van der Waals surface area contributed by atoms with Crippen molar-refractivity contribution >= 4 is 5.65 Å². The van der Waals surface area contributed by atoms with Gasteiger partial charge < -0.3 is 4.40 Å². The van der Waals surface area contributed by atoms with Crippen LogP contribution in [-0.2, 0) is 0 Å². The minimum atomic E-state index is 0.909. The van der Waals surface area contributed by atoms with Crippen LogP contribution in [0.15, 0.2) is 55.0 Å². The number of hydrogen-bond acceptors (Lipinski definition) is 4. The van der Waals surface area contributed by atoms with Crippen LogP contribution in [-0.4, -0.2) is 29.6 Å². The van der Waals surface area contributed by atoms with E-state index in [2.05, 4.69) is 37.9 Å². The van der Waals surface area contributed by atoms with E-state index < -0.39 is 0 Å². The molecule has 0 aliphatic rings. The quantitative estimate of drug-likeness (QED) is 0.563. The monoisotopic (exact) mass is 276 g/mol. The topological polar surface area (TPSA) is 60.9 Å². The number of aryl methyl sites for hydroxylation is 1. The maximum Gasteiger partial charge on any atom is 0.143 e. The Morgan fingerprint density at radius 3 is 2.76 bits per heavy atom. The van der Waals surface area contributed by atoms with Crippen molar-refractivity contribution in [2.75, 3.05) is 0 Å². The maximum atomic E-state index is 4.67. The van der Waals surface area contributed by atoms with Crippen LogP contribution in [0.5, 0.6) is 0 Å². The van der Waals surface area contributed by atoms with Crippen LogP contribution >= 0.6 is 0 Å². The maximum absolute atomic E-state index is 4.67. The van der Waals surface area contributed by atoms with E-state index in [1.54, 1.807) is 11.0 Å². The summed E-state index contributed by atoms with van der Waals surface area (Å²) in [6.07, 6.45) is 3.62. The number of aromatic nitrogens is 6. The lowest BCUT2D eigenvalue weighted by molar-refractivity contribution is 0.789. The molecule has 6 heteroatoms. The Balaban J connectivity index is 1.85. The molecule has 0 radical (unpaired) electrons. The number of rotatable bonds is 2. The molecule has 3 heterocycles. The van der Waals surface area contributed by atoms with Crippen molar-refractivity contribution in [3.63, 3.8) is 0 Å². The predicted molar refractivity (Wildman–Crippen MR) is 78.1 cm³/mol. The first kappa shape index (κ1) is 11.8. The molecule has 0 N–H and O–H groups in total. The summed E-state index contributed by atoms with van der Waals surface area (Å²) in [4.78, 5) is 4.67. The smallest absolute Gasteiger partial charge is 0.143 e. The lowest BCUT2D eigenvalue weighted by atomic mass is 10.1. The van der Waals surface area contributed by atoms with E-state index in [4.69, 9.17) is 0 Å². The molecule has 0 spiro atoms. The van der Waals surface area contributed by atoms with E-state index in [1.807, 2.05) is 42.6 Å². The normalized spacial score (nSPS) is 11.1. The van der Waals surface area contributed by atoms with Crippen LogP contribution in [0.2, 0.25) is 0 Å². The number of nitrogens with zero attached hydrogens (tertiary/aromatic N) is 6. The first-order valence-corrected chi connectivity index (χ1v) is 6.60. The Morgan fingerprint density at radius 1 is 1.05 bits per heavy atom. The molecule has 1 aromatic carbocycles. The zero-order chi connectivity index (χ0) is 14.2. The second-order valence-corrected chi connectivity index (χ2v) is 4.83. The van der Waals surface area contributed by atoms with Crippen LogP contribution in [0.25, 0.3) is 22.6 Å². The van der Waals surface area contributed by atoms with Crippen molar-refractivity contribution in [1.29, 1.82) is 0 Å². The van der Waals surface area contributed by atoms with E-state index in [9.17, 15) is 0 Å². The van der Waals surface area contributed by atoms with Crippen LogP contribution in [0, 0.1) is 6.92 Å². The van der Waals surface area contributed by atoms with Gasteiger partial charge in [-0.3, -0.25) is 0 Å². The molecule has 21 heavy (non-hydrogen) atoms. The van der Waals surface area contributed by atoms with Gasteiger partial charge in [0, 0.05) is 17.5 Å². The number of imidazole rings is 1. The molecule has 0 amide bonds. The molecule has 0 fully saturated rings.